The predicted molar refractivity (Wildman–Crippen MR) is 118 cm³/mol. The maximum Gasteiger partial charge on any atom is 0.317 e. The van der Waals surface area contributed by atoms with Crippen LogP contribution in [0.1, 0.15) is 57.4 Å². The Morgan fingerprint density at radius 2 is 1.80 bits per heavy atom. The van der Waals surface area contributed by atoms with Gasteiger partial charge in [-0.15, -0.1) is 0 Å². The van der Waals surface area contributed by atoms with Crippen LogP contribution in [0.2, 0.25) is 0 Å². The van der Waals surface area contributed by atoms with E-state index < -0.39 is 10.0 Å². The molecule has 2 atom stereocenters. The van der Waals surface area contributed by atoms with Crippen LogP contribution in [0, 0.1) is 0 Å². The van der Waals surface area contributed by atoms with Crippen molar-refractivity contribution in [3.05, 3.63) is 35.9 Å². The average Bonchev–Trinajstić information content (AvgIpc) is 3.08. The van der Waals surface area contributed by atoms with Crippen molar-refractivity contribution in [2.24, 2.45) is 0 Å². The summed E-state index contributed by atoms with van der Waals surface area (Å²) in [7, 11) is -3.36. The fraction of sp³-hybridized carbons (Fsp3) is 0.682. The number of hydrogen-bond donors (Lipinski definition) is 2. The minimum Gasteiger partial charge on any atom is -0.376 e. The molecule has 1 saturated carbocycles. The zero-order valence-corrected chi connectivity index (χ0v) is 19.0. The van der Waals surface area contributed by atoms with Gasteiger partial charge in [-0.3, -0.25) is 0 Å². The number of carbonyl (C=O) groups is 1. The van der Waals surface area contributed by atoms with E-state index in [0.717, 1.165) is 31.9 Å². The second-order valence-electron chi connectivity index (χ2n) is 8.87. The number of benzene rings is 1. The quantitative estimate of drug-likeness (QED) is 0.687. The first-order chi connectivity index (χ1) is 14.2. The molecule has 1 unspecified atom stereocenters. The van der Waals surface area contributed by atoms with Crippen molar-refractivity contribution in [1.29, 1.82) is 0 Å². The maximum atomic E-state index is 12.6. The Balaban J connectivity index is 1.57. The monoisotopic (exact) mass is 437 g/mol. The van der Waals surface area contributed by atoms with Gasteiger partial charge in [-0.1, -0.05) is 30.3 Å². The van der Waals surface area contributed by atoms with Crippen LogP contribution in [0.5, 0.6) is 0 Å². The van der Waals surface area contributed by atoms with E-state index in [9.17, 15) is 13.2 Å². The lowest BCUT2D eigenvalue weighted by atomic mass is 9.83. The molecule has 2 aliphatic rings. The van der Waals surface area contributed by atoms with E-state index in [1.807, 2.05) is 19.9 Å². The molecule has 8 heteroatoms. The number of ether oxygens (including phenoxy) is 1. The average molecular weight is 438 g/mol. The molecule has 0 radical (unpaired) electrons. The molecule has 1 aromatic rings. The van der Waals surface area contributed by atoms with Gasteiger partial charge in [-0.2, -0.15) is 0 Å². The molecular formula is C22H35N3O4S. The van der Waals surface area contributed by atoms with Crippen LogP contribution in [0.25, 0.3) is 0 Å². The van der Waals surface area contributed by atoms with Crippen LogP contribution in [-0.2, 0) is 14.8 Å². The molecule has 0 spiro atoms. The highest BCUT2D eigenvalue weighted by Gasteiger charge is 2.39. The van der Waals surface area contributed by atoms with Gasteiger partial charge in [-0.05, 0) is 57.4 Å². The molecule has 3 rings (SSSR count). The van der Waals surface area contributed by atoms with Gasteiger partial charge in [0.15, 0.2) is 0 Å². The van der Waals surface area contributed by atoms with E-state index in [4.69, 9.17) is 4.74 Å². The number of nitrogens with one attached hydrogen (secondary N) is 2. The van der Waals surface area contributed by atoms with Gasteiger partial charge in [0.1, 0.15) is 0 Å². The van der Waals surface area contributed by atoms with Gasteiger partial charge in [0.25, 0.3) is 0 Å². The molecule has 1 aliphatic carbocycles. The molecule has 2 amide bonds. The summed E-state index contributed by atoms with van der Waals surface area (Å²) in [6.07, 6.45) is 6.03. The highest BCUT2D eigenvalue weighted by atomic mass is 32.2. The number of amides is 2. The zero-order chi connectivity index (χ0) is 21.7. The van der Waals surface area contributed by atoms with Gasteiger partial charge in [-0.25, -0.2) is 17.9 Å². The first kappa shape index (κ1) is 23.0. The molecule has 7 nitrogen and oxygen atoms in total. The Kier molecular flexibility index (Phi) is 7.76. The molecule has 1 heterocycles. The van der Waals surface area contributed by atoms with Crippen molar-refractivity contribution in [2.45, 2.75) is 76.1 Å². The minimum atomic E-state index is -3.36. The summed E-state index contributed by atoms with van der Waals surface area (Å²) < 4.78 is 32.5. The lowest BCUT2D eigenvalue weighted by Crippen LogP contribution is -2.52. The molecule has 1 aromatic carbocycles. The van der Waals surface area contributed by atoms with Gasteiger partial charge < -0.3 is 15.0 Å². The topological polar surface area (TPSA) is 87.7 Å². The summed E-state index contributed by atoms with van der Waals surface area (Å²) in [4.78, 5) is 14.3. The van der Waals surface area contributed by atoms with Crippen molar-refractivity contribution in [3.8, 4) is 0 Å². The molecule has 30 heavy (non-hydrogen) atoms. The Labute approximate surface area is 180 Å². The van der Waals surface area contributed by atoms with Crippen LogP contribution in [0.4, 0.5) is 4.79 Å². The van der Waals surface area contributed by atoms with Gasteiger partial charge >= 0.3 is 6.03 Å². The van der Waals surface area contributed by atoms with E-state index >= 15 is 0 Å². The summed E-state index contributed by atoms with van der Waals surface area (Å²) in [5.41, 5.74) is 1.39. The van der Waals surface area contributed by atoms with Crippen LogP contribution in [-0.4, -0.2) is 63.0 Å². The SMILES string of the molecule is CC(C)NC(=O)N1CC[C@H](NS(C)(=O)=O)C1COC1CCC(c2ccccc2)CC1. The van der Waals surface area contributed by atoms with Gasteiger partial charge in [0.2, 0.25) is 10.0 Å². The lowest BCUT2D eigenvalue weighted by Gasteiger charge is -2.33. The summed E-state index contributed by atoms with van der Waals surface area (Å²) in [6, 6.07) is 9.84. The number of carbonyl (C=O) groups excluding carboxylic acids is 1. The Bertz CT molecular complexity index is 792. The van der Waals surface area contributed by atoms with E-state index in [1.165, 1.54) is 5.56 Å². The summed E-state index contributed by atoms with van der Waals surface area (Å²) in [5.74, 6) is 0.575. The lowest BCUT2D eigenvalue weighted by molar-refractivity contribution is -0.000748. The fourth-order valence-corrected chi connectivity index (χ4v) is 5.40. The molecule has 0 bridgehead atoms. The third-order valence-corrected chi connectivity index (χ3v) is 6.76. The van der Waals surface area contributed by atoms with Crippen molar-refractivity contribution >= 4 is 16.1 Å². The predicted octanol–water partition coefficient (Wildman–Crippen LogP) is 2.84. The summed E-state index contributed by atoms with van der Waals surface area (Å²) in [5, 5.41) is 2.91. The molecule has 168 valence electrons. The number of rotatable bonds is 7. The standard InChI is InChI=1S/C22H35N3O4S/c1-16(2)23-22(26)25-14-13-20(24-30(3,27)28)21(25)15-29-19-11-9-18(10-12-19)17-7-5-4-6-8-17/h4-8,16,18-21,24H,9-15H2,1-3H3,(H,23,26)/t18?,19?,20-,21?/m0/s1. The number of urea groups is 1. The van der Waals surface area contributed by atoms with Crippen LogP contribution in [0.15, 0.2) is 30.3 Å². The van der Waals surface area contributed by atoms with Crippen molar-refractivity contribution in [3.63, 3.8) is 0 Å². The third-order valence-electron chi connectivity index (χ3n) is 6.03. The van der Waals surface area contributed by atoms with E-state index in [1.54, 1.807) is 4.90 Å². The number of likely N-dealkylation sites (tertiary alicyclic amines) is 1. The Hall–Kier alpha value is -1.64. The zero-order valence-electron chi connectivity index (χ0n) is 18.2. The molecule has 1 aliphatic heterocycles. The van der Waals surface area contributed by atoms with Crippen molar-refractivity contribution in [1.82, 2.24) is 14.9 Å². The second-order valence-corrected chi connectivity index (χ2v) is 10.6. The molecule has 1 saturated heterocycles. The van der Waals surface area contributed by atoms with Crippen LogP contribution in [0.3, 0.4) is 0 Å². The number of hydrogen-bond acceptors (Lipinski definition) is 4. The molecule has 2 N–H and O–H groups in total. The van der Waals surface area contributed by atoms with E-state index in [2.05, 4.69) is 34.3 Å². The van der Waals surface area contributed by atoms with Crippen molar-refractivity contribution in [2.75, 3.05) is 19.4 Å². The highest BCUT2D eigenvalue weighted by Crippen LogP contribution is 2.34. The van der Waals surface area contributed by atoms with Gasteiger partial charge in [0.05, 0.1) is 25.0 Å². The molecule has 0 aromatic heterocycles. The minimum absolute atomic E-state index is 0.0225. The maximum absolute atomic E-state index is 12.6. The van der Waals surface area contributed by atoms with Crippen LogP contribution < -0.4 is 10.0 Å². The first-order valence-corrected chi connectivity index (χ1v) is 12.8. The Morgan fingerprint density at radius 1 is 1.13 bits per heavy atom. The summed E-state index contributed by atoms with van der Waals surface area (Å²) in [6.45, 7) is 4.69. The largest absolute Gasteiger partial charge is 0.376 e. The highest BCUT2D eigenvalue weighted by molar-refractivity contribution is 7.88. The number of sulfonamides is 1. The number of nitrogens with zero attached hydrogens (tertiary/aromatic N) is 1. The molecule has 2 fully saturated rings. The van der Waals surface area contributed by atoms with Crippen LogP contribution >= 0.6 is 0 Å². The second kappa shape index (κ2) is 10.1. The first-order valence-electron chi connectivity index (χ1n) is 10.9. The van der Waals surface area contributed by atoms with Crippen molar-refractivity contribution < 1.29 is 17.9 Å². The van der Waals surface area contributed by atoms with Gasteiger partial charge in [0, 0.05) is 18.6 Å². The van der Waals surface area contributed by atoms with E-state index in [0.29, 0.717) is 25.5 Å². The normalized spacial score (nSPS) is 27.4. The van der Waals surface area contributed by atoms with E-state index in [-0.39, 0.29) is 30.3 Å². The summed E-state index contributed by atoms with van der Waals surface area (Å²) >= 11 is 0. The third kappa shape index (κ3) is 6.43. The Morgan fingerprint density at radius 3 is 2.40 bits per heavy atom. The fourth-order valence-electron chi connectivity index (χ4n) is 4.58. The smallest absolute Gasteiger partial charge is 0.317 e. The molecular weight excluding hydrogens is 402 g/mol.